The van der Waals surface area contributed by atoms with Gasteiger partial charge in [0.05, 0.1) is 10.8 Å². The zero-order valence-corrected chi connectivity index (χ0v) is 17.6. The Kier molecular flexibility index (Phi) is 6.41. The molecule has 1 aromatic rings. The van der Waals surface area contributed by atoms with E-state index in [0.717, 1.165) is 48.9 Å². The van der Waals surface area contributed by atoms with Gasteiger partial charge in [0.25, 0.3) is 0 Å². The molecular formula is C19H27BrN2O3S. The normalized spacial score (nSPS) is 27.8. The topological polar surface area (TPSA) is 66.5 Å². The van der Waals surface area contributed by atoms with Gasteiger partial charge in [-0.3, -0.25) is 4.79 Å². The molecule has 144 valence electrons. The quantitative estimate of drug-likeness (QED) is 0.774. The van der Waals surface area contributed by atoms with E-state index in [9.17, 15) is 13.2 Å². The highest BCUT2D eigenvalue weighted by molar-refractivity contribution is 9.10. The van der Waals surface area contributed by atoms with E-state index in [-0.39, 0.29) is 29.3 Å². The number of sulfonamides is 1. The van der Waals surface area contributed by atoms with Gasteiger partial charge in [-0.15, -0.1) is 0 Å². The number of amides is 1. The number of nitrogens with zero attached hydrogens (tertiary/aromatic N) is 1. The first kappa shape index (κ1) is 19.8. The Hall–Kier alpha value is -0.920. The SMILES string of the molecule is CC1CCC(NC(=O)C2CCCN(S(=O)(=O)c3ccc(Br)cc3)C2)CC1. The van der Waals surface area contributed by atoms with Crippen LogP contribution < -0.4 is 5.32 Å². The molecule has 1 aliphatic carbocycles. The molecule has 1 saturated carbocycles. The molecule has 0 aromatic heterocycles. The van der Waals surface area contributed by atoms with Crippen LogP contribution in [0.3, 0.4) is 0 Å². The van der Waals surface area contributed by atoms with Gasteiger partial charge in [-0.1, -0.05) is 22.9 Å². The van der Waals surface area contributed by atoms with Crippen LogP contribution in [0.1, 0.15) is 45.4 Å². The summed E-state index contributed by atoms with van der Waals surface area (Å²) in [6.07, 6.45) is 5.83. The lowest BCUT2D eigenvalue weighted by Crippen LogP contribution is -2.48. The van der Waals surface area contributed by atoms with Gasteiger partial charge in [-0.05, 0) is 68.7 Å². The monoisotopic (exact) mass is 442 g/mol. The van der Waals surface area contributed by atoms with Crippen molar-refractivity contribution in [1.29, 1.82) is 0 Å². The molecule has 1 N–H and O–H groups in total. The molecule has 0 bridgehead atoms. The van der Waals surface area contributed by atoms with Crippen LogP contribution in [-0.2, 0) is 14.8 Å². The molecule has 1 saturated heterocycles. The highest BCUT2D eigenvalue weighted by Gasteiger charge is 2.34. The number of carbonyl (C=O) groups is 1. The molecule has 26 heavy (non-hydrogen) atoms. The van der Waals surface area contributed by atoms with Gasteiger partial charge in [-0.25, -0.2) is 8.42 Å². The van der Waals surface area contributed by atoms with E-state index in [1.807, 2.05) is 0 Å². The molecule has 1 heterocycles. The van der Waals surface area contributed by atoms with E-state index in [0.29, 0.717) is 6.54 Å². The highest BCUT2D eigenvalue weighted by atomic mass is 79.9. The van der Waals surface area contributed by atoms with E-state index < -0.39 is 10.0 Å². The van der Waals surface area contributed by atoms with Crippen molar-refractivity contribution in [3.05, 3.63) is 28.7 Å². The Bertz CT molecular complexity index is 728. The van der Waals surface area contributed by atoms with Crippen LogP contribution in [0, 0.1) is 11.8 Å². The van der Waals surface area contributed by atoms with E-state index in [1.54, 1.807) is 24.3 Å². The van der Waals surface area contributed by atoms with E-state index in [4.69, 9.17) is 0 Å². The largest absolute Gasteiger partial charge is 0.353 e. The molecule has 5 nitrogen and oxygen atoms in total. The van der Waals surface area contributed by atoms with Crippen LogP contribution in [-0.4, -0.2) is 37.8 Å². The molecule has 0 spiro atoms. The summed E-state index contributed by atoms with van der Waals surface area (Å²) in [5.41, 5.74) is 0. The van der Waals surface area contributed by atoms with Crippen LogP contribution in [0.5, 0.6) is 0 Å². The molecule has 1 aromatic carbocycles. The van der Waals surface area contributed by atoms with Crippen molar-refractivity contribution >= 4 is 31.9 Å². The minimum atomic E-state index is -3.55. The standard InChI is InChI=1S/C19H27BrN2O3S/c1-14-4-8-17(9-5-14)21-19(23)15-3-2-12-22(13-15)26(24,25)18-10-6-16(20)7-11-18/h6-7,10-11,14-15,17H,2-5,8-9,12-13H2,1H3,(H,21,23). The summed E-state index contributed by atoms with van der Waals surface area (Å²) < 4.78 is 28.1. The second-order valence-corrected chi connectivity index (χ2v) is 10.5. The van der Waals surface area contributed by atoms with Crippen molar-refractivity contribution in [3.63, 3.8) is 0 Å². The van der Waals surface area contributed by atoms with Crippen molar-refractivity contribution in [2.45, 2.75) is 56.4 Å². The number of benzene rings is 1. The first-order chi connectivity index (χ1) is 12.4. The smallest absolute Gasteiger partial charge is 0.243 e. The summed E-state index contributed by atoms with van der Waals surface area (Å²) in [7, 11) is -3.55. The molecule has 7 heteroatoms. The summed E-state index contributed by atoms with van der Waals surface area (Å²) in [6, 6.07) is 6.91. The van der Waals surface area contributed by atoms with Gasteiger partial charge < -0.3 is 5.32 Å². The Morgan fingerprint density at radius 3 is 2.42 bits per heavy atom. The lowest BCUT2D eigenvalue weighted by atomic mass is 9.87. The van der Waals surface area contributed by atoms with Gasteiger partial charge in [0.15, 0.2) is 0 Å². The second kappa shape index (κ2) is 8.40. The van der Waals surface area contributed by atoms with Crippen LogP contribution in [0.15, 0.2) is 33.6 Å². The zero-order valence-electron chi connectivity index (χ0n) is 15.2. The van der Waals surface area contributed by atoms with Crippen LogP contribution in [0.2, 0.25) is 0 Å². The van der Waals surface area contributed by atoms with Crippen LogP contribution >= 0.6 is 15.9 Å². The zero-order chi connectivity index (χ0) is 18.7. The predicted octanol–water partition coefficient (Wildman–Crippen LogP) is 3.54. The van der Waals surface area contributed by atoms with Gasteiger partial charge in [-0.2, -0.15) is 4.31 Å². The Balaban J connectivity index is 1.63. The lowest BCUT2D eigenvalue weighted by Gasteiger charge is -2.33. The molecular weight excluding hydrogens is 416 g/mol. The molecule has 1 amide bonds. The van der Waals surface area contributed by atoms with E-state index in [2.05, 4.69) is 28.2 Å². The first-order valence-electron chi connectivity index (χ1n) is 9.42. The van der Waals surface area contributed by atoms with Crippen LogP contribution in [0.25, 0.3) is 0 Å². The van der Waals surface area contributed by atoms with Crippen LogP contribution in [0.4, 0.5) is 0 Å². The number of halogens is 1. The first-order valence-corrected chi connectivity index (χ1v) is 11.7. The number of nitrogens with one attached hydrogen (secondary N) is 1. The summed E-state index contributed by atoms with van der Waals surface area (Å²) in [4.78, 5) is 12.9. The van der Waals surface area contributed by atoms with Gasteiger partial charge in [0.1, 0.15) is 0 Å². The van der Waals surface area contributed by atoms with Gasteiger partial charge in [0, 0.05) is 23.6 Å². The van der Waals surface area contributed by atoms with E-state index in [1.165, 1.54) is 4.31 Å². The summed E-state index contributed by atoms with van der Waals surface area (Å²) in [5, 5.41) is 3.16. The average molecular weight is 443 g/mol. The number of carbonyl (C=O) groups excluding carboxylic acids is 1. The van der Waals surface area contributed by atoms with Crippen molar-refractivity contribution in [2.75, 3.05) is 13.1 Å². The van der Waals surface area contributed by atoms with Gasteiger partial charge >= 0.3 is 0 Å². The van der Waals surface area contributed by atoms with Crippen molar-refractivity contribution < 1.29 is 13.2 Å². The third kappa shape index (κ3) is 4.67. The maximum atomic E-state index is 12.9. The minimum absolute atomic E-state index is 0.0141. The highest BCUT2D eigenvalue weighted by Crippen LogP contribution is 2.27. The fourth-order valence-electron chi connectivity index (χ4n) is 3.85. The Labute approximate surface area is 164 Å². The predicted molar refractivity (Wildman–Crippen MR) is 105 cm³/mol. The minimum Gasteiger partial charge on any atom is -0.353 e. The molecule has 3 rings (SSSR count). The summed E-state index contributed by atoms with van der Waals surface area (Å²) >= 11 is 3.33. The number of rotatable bonds is 4. The maximum absolute atomic E-state index is 12.9. The number of hydrogen-bond acceptors (Lipinski definition) is 3. The summed E-state index contributed by atoms with van der Waals surface area (Å²) in [5.74, 6) is 0.498. The van der Waals surface area contributed by atoms with Crippen molar-refractivity contribution in [1.82, 2.24) is 9.62 Å². The van der Waals surface area contributed by atoms with Crippen molar-refractivity contribution in [3.8, 4) is 0 Å². The lowest BCUT2D eigenvalue weighted by molar-refractivity contribution is -0.127. The molecule has 1 unspecified atom stereocenters. The average Bonchev–Trinajstić information content (AvgIpc) is 2.64. The Morgan fingerprint density at radius 1 is 1.12 bits per heavy atom. The number of piperidine rings is 1. The third-order valence-corrected chi connectivity index (χ3v) is 7.98. The fraction of sp³-hybridized carbons (Fsp3) is 0.632. The van der Waals surface area contributed by atoms with Crippen molar-refractivity contribution in [2.24, 2.45) is 11.8 Å². The Morgan fingerprint density at radius 2 is 1.77 bits per heavy atom. The second-order valence-electron chi connectivity index (χ2n) is 7.62. The summed E-state index contributed by atoms with van der Waals surface area (Å²) in [6.45, 7) is 3.00. The third-order valence-electron chi connectivity index (χ3n) is 5.57. The number of hydrogen-bond donors (Lipinski definition) is 1. The molecule has 1 aliphatic heterocycles. The van der Waals surface area contributed by atoms with Gasteiger partial charge in [0.2, 0.25) is 15.9 Å². The fourth-order valence-corrected chi connectivity index (χ4v) is 5.64. The molecule has 2 aliphatic rings. The molecule has 2 fully saturated rings. The van der Waals surface area contributed by atoms with E-state index >= 15 is 0 Å². The molecule has 1 atom stereocenters. The molecule has 0 radical (unpaired) electrons. The maximum Gasteiger partial charge on any atom is 0.243 e.